The Morgan fingerprint density at radius 3 is 1.65 bits per heavy atom. The third kappa shape index (κ3) is 8.58. The van der Waals surface area contributed by atoms with E-state index in [2.05, 4.69) is 278 Å². The maximum absolute atomic E-state index is 7.27. The summed E-state index contributed by atoms with van der Waals surface area (Å²) in [5, 5.41) is 19.3. The molecule has 9 heteroatoms. The number of hydrogen-bond donors (Lipinski definition) is 1. The lowest BCUT2D eigenvalue weighted by Gasteiger charge is -2.28. The molecule has 0 spiro atoms. The molecule has 20 aromatic rings. The number of benzene rings is 16. The van der Waals surface area contributed by atoms with Crippen LogP contribution in [-0.4, -0.2) is 4.98 Å². The van der Waals surface area contributed by atoms with Crippen LogP contribution in [0.5, 0.6) is 5.75 Å². The topological polar surface area (TPSA) is 80.1 Å². The Morgan fingerprint density at radius 1 is 0.373 bits per heavy atom. The number of rotatable bonds is 9. The van der Waals surface area contributed by atoms with Crippen LogP contribution in [-0.2, 0) is 5.41 Å². The lowest BCUT2D eigenvalue weighted by molar-refractivity contribution is 0.263. The van der Waals surface area contributed by atoms with Crippen LogP contribution in [0.25, 0.3) is 152 Å². The van der Waals surface area contributed by atoms with E-state index < -0.39 is 6.23 Å². The second kappa shape index (κ2) is 21.5. The molecule has 1 aliphatic heterocycles. The van der Waals surface area contributed by atoms with Crippen LogP contribution in [0.15, 0.2) is 317 Å². The monoisotopic (exact) mass is 1330 g/mol. The number of aromatic nitrogens is 1. The molecule has 1 unspecified atom stereocenters. The molecule has 0 amide bonds. The van der Waals surface area contributed by atoms with E-state index in [1.165, 1.54) is 48.0 Å². The maximum Gasteiger partial charge on any atom is 0.227 e. The maximum atomic E-state index is 7.27. The van der Waals surface area contributed by atoms with E-state index in [1.807, 2.05) is 65.9 Å². The summed E-state index contributed by atoms with van der Waals surface area (Å²) >= 11 is 1.84. The van der Waals surface area contributed by atoms with Gasteiger partial charge in [-0.1, -0.05) is 190 Å². The number of nitrogens with one attached hydrogen (secondary N) is 1. The second-order valence-electron chi connectivity index (χ2n) is 27.7. The fourth-order valence-corrected chi connectivity index (χ4v) is 18.0. The van der Waals surface area contributed by atoms with Gasteiger partial charge < -0.3 is 33.1 Å². The van der Waals surface area contributed by atoms with Crippen LogP contribution in [0, 0.1) is 0 Å². The van der Waals surface area contributed by atoms with Gasteiger partial charge in [0.1, 0.15) is 27.8 Å². The number of furan rings is 2. The molecule has 0 radical (unpaired) electrons. The highest BCUT2D eigenvalue weighted by atomic mass is 32.1. The van der Waals surface area contributed by atoms with Crippen LogP contribution in [0.2, 0.25) is 0 Å². The molecule has 0 bridgehead atoms. The van der Waals surface area contributed by atoms with Crippen molar-refractivity contribution < 1.29 is 18.0 Å². The Morgan fingerprint density at radius 2 is 0.902 bits per heavy atom. The lowest BCUT2D eigenvalue weighted by Crippen LogP contribution is -2.16. The Labute approximate surface area is 588 Å². The first kappa shape index (κ1) is 57.0. The molecule has 1 N–H and O–H groups in total. The van der Waals surface area contributed by atoms with Crippen molar-refractivity contribution in [2.24, 2.45) is 0 Å². The first-order valence-corrected chi connectivity index (χ1v) is 35.5. The zero-order valence-electron chi connectivity index (χ0n) is 55.3. The summed E-state index contributed by atoms with van der Waals surface area (Å²) in [6.45, 7) is 4.70. The molecular formula is C93H58N4O4S. The number of para-hydroxylation sites is 2. The van der Waals surface area contributed by atoms with Crippen LogP contribution in [0.1, 0.15) is 36.8 Å². The summed E-state index contributed by atoms with van der Waals surface area (Å²) in [5.41, 5.74) is 21.6. The van der Waals surface area contributed by atoms with E-state index in [1.54, 1.807) is 0 Å². The van der Waals surface area contributed by atoms with Gasteiger partial charge in [0.15, 0.2) is 17.6 Å². The van der Waals surface area contributed by atoms with Gasteiger partial charge in [-0.15, -0.1) is 11.3 Å². The molecule has 102 heavy (non-hydrogen) atoms. The van der Waals surface area contributed by atoms with Crippen LogP contribution >= 0.6 is 11.3 Å². The normalized spacial score (nSPS) is 13.9. The van der Waals surface area contributed by atoms with Crippen molar-refractivity contribution in [1.82, 2.24) is 4.98 Å². The fraction of sp³-hybridized carbons (Fsp3) is 0.0430. The minimum Gasteiger partial charge on any atom is -0.464 e. The largest absolute Gasteiger partial charge is 0.464 e. The number of fused-ring (bicyclic) bond motifs is 22. The quantitative estimate of drug-likeness (QED) is 0.143. The summed E-state index contributed by atoms with van der Waals surface area (Å²) < 4.78 is 29.2. The average molecular weight is 1330 g/mol. The van der Waals surface area contributed by atoms with Crippen molar-refractivity contribution in [3.05, 3.63) is 320 Å². The van der Waals surface area contributed by atoms with Gasteiger partial charge in [0.25, 0.3) is 0 Å². The van der Waals surface area contributed by atoms with Gasteiger partial charge in [-0.3, -0.25) is 0 Å². The van der Waals surface area contributed by atoms with Gasteiger partial charge in [0.05, 0.1) is 5.69 Å². The van der Waals surface area contributed by atoms with Crippen LogP contribution in [0.4, 0.5) is 39.8 Å². The van der Waals surface area contributed by atoms with Crippen LogP contribution < -0.4 is 19.9 Å². The van der Waals surface area contributed by atoms with E-state index >= 15 is 0 Å². The molecule has 0 saturated carbocycles. The number of anilines is 7. The number of ether oxygens (including phenoxy) is 1. The first-order chi connectivity index (χ1) is 50.2. The van der Waals surface area contributed by atoms with Crippen molar-refractivity contribution in [3.63, 3.8) is 0 Å². The highest BCUT2D eigenvalue weighted by Crippen LogP contribution is 2.54. The molecule has 4 aromatic heterocycles. The molecule has 2 aliphatic rings. The number of thiophene rings is 1. The van der Waals surface area contributed by atoms with Gasteiger partial charge >= 0.3 is 0 Å². The van der Waals surface area contributed by atoms with Crippen molar-refractivity contribution in [1.29, 1.82) is 0 Å². The SMILES string of the molecule is CC1(C)c2ccccc2-c2ccc(N(c3ccc4oc5ccccc5c4c3)c3ccc4ccc5ccc6c(c5c4c3)OC(c3cccc(-c4cccc5c4sc4cc(N(c7ccc8oc9ccccc9c8c7)c7ccc8ccc9ccc%10nc(-c%11ccccc%11)oc%10c9c8c7)ccc45)c3)N6)cc21. The van der Waals surface area contributed by atoms with E-state index in [9.17, 15) is 0 Å². The van der Waals surface area contributed by atoms with E-state index in [-0.39, 0.29) is 5.41 Å². The van der Waals surface area contributed by atoms with E-state index in [4.69, 9.17) is 23.0 Å². The molecule has 0 fully saturated rings. The molecule has 0 saturated heterocycles. The standard InChI is InChI=1S/C93H58N4O4S/c1-93(2)77-23-9-6-18-67(77)68-40-36-64(51-78(68)93)96(62-38-44-83-75(49-62)69-19-7-10-24-81(69)98-83)60-34-30-53-27-29-56-33-43-80-89(87(56)73(53)47-60)101-92(95-80)59-17-12-16-58(46-59)66-21-13-22-72-71-41-37-65(52-85(71)102-90(66)72)97(63-39-45-84-76(50-63)70-20-8-11-25-82(70)99-84)61-35-31-54-26-28-55-32-42-79-88(86(55)74(54)48-61)100-91(94-79)57-14-4-3-5-15-57/h3-52,92,95H,1-2H3. The van der Waals surface area contributed by atoms with Crippen molar-refractivity contribution >= 4 is 169 Å². The van der Waals surface area contributed by atoms with E-state index in [0.717, 1.165) is 160 Å². The van der Waals surface area contributed by atoms with Crippen molar-refractivity contribution in [2.75, 3.05) is 15.1 Å². The summed E-state index contributed by atoms with van der Waals surface area (Å²) in [5.74, 6) is 1.45. The van der Waals surface area contributed by atoms with Gasteiger partial charge in [-0.2, -0.15) is 0 Å². The van der Waals surface area contributed by atoms with Gasteiger partial charge in [-0.25, -0.2) is 4.98 Å². The Balaban J connectivity index is 0.634. The van der Waals surface area contributed by atoms with Gasteiger partial charge in [-0.05, 0) is 193 Å². The third-order valence-electron chi connectivity index (χ3n) is 21.6. The predicted molar refractivity (Wildman–Crippen MR) is 423 cm³/mol. The second-order valence-corrected chi connectivity index (χ2v) is 28.8. The van der Waals surface area contributed by atoms with Crippen molar-refractivity contribution in [2.45, 2.75) is 25.5 Å². The van der Waals surface area contributed by atoms with Crippen molar-refractivity contribution in [3.8, 4) is 39.5 Å². The molecule has 16 aromatic carbocycles. The first-order valence-electron chi connectivity index (χ1n) is 34.7. The zero-order valence-corrected chi connectivity index (χ0v) is 56.1. The molecule has 8 nitrogen and oxygen atoms in total. The minimum absolute atomic E-state index is 0.184. The predicted octanol–water partition coefficient (Wildman–Crippen LogP) is 26.7. The highest BCUT2D eigenvalue weighted by Gasteiger charge is 2.36. The average Bonchev–Trinajstić information content (AvgIpc) is 1.46. The molecular weight excluding hydrogens is 1270 g/mol. The summed E-state index contributed by atoms with van der Waals surface area (Å²) in [6, 6.07) is 109. The van der Waals surface area contributed by atoms with Gasteiger partial charge in [0, 0.05) is 103 Å². The number of hydrogen-bond acceptors (Lipinski definition) is 9. The van der Waals surface area contributed by atoms with Crippen LogP contribution in [0.3, 0.4) is 0 Å². The summed E-state index contributed by atoms with van der Waals surface area (Å²) in [6.07, 6.45) is -0.438. The zero-order chi connectivity index (χ0) is 67.1. The number of nitrogens with zero attached hydrogens (tertiary/aromatic N) is 3. The highest BCUT2D eigenvalue weighted by molar-refractivity contribution is 7.26. The third-order valence-corrected chi connectivity index (χ3v) is 22.8. The fourth-order valence-electron chi connectivity index (χ4n) is 16.7. The molecule has 480 valence electrons. The molecule has 1 atom stereocenters. The Bertz CT molecular complexity index is 6980. The van der Waals surface area contributed by atoms with E-state index in [0.29, 0.717) is 5.89 Å². The Kier molecular flexibility index (Phi) is 12.0. The lowest BCUT2D eigenvalue weighted by atomic mass is 9.82. The number of oxazole rings is 1. The molecule has 22 rings (SSSR count). The summed E-state index contributed by atoms with van der Waals surface area (Å²) in [4.78, 5) is 9.80. The molecule has 1 aliphatic carbocycles. The Hall–Kier alpha value is -13.0. The summed E-state index contributed by atoms with van der Waals surface area (Å²) in [7, 11) is 0. The van der Waals surface area contributed by atoms with Gasteiger partial charge in [0.2, 0.25) is 5.89 Å². The smallest absolute Gasteiger partial charge is 0.227 e. The molecule has 5 heterocycles. The minimum atomic E-state index is -0.438.